The quantitative estimate of drug-likeness (QED) is 0.171. The Balaban J connectivity index is 5.12. The molecule has 0 bridgehead atoms. The maximum absolute atomic E-state index is 6.18. The summed E-state index contributed by atoms with van der Waals surface area (Å²) in [4.78, 5) is 0. The van der Waals surface area contributed by atoms with E-state index in [4.69, 9.17) is 4.43 Å². The molecule has 0 aliphatic rings. The van der Waals surface area contributed by atoms with Gasteiger partial charge in [-0.25, -0.2) is 0 Å². The molecule has 0 atom stereocenters. The molecule has 0 aromatic carbocycles. The second-order valence-corrected chi connectivity index (χ2v) is 20.3. The van der Waals surface area contributed by atoms with Crippen LogP contribution >= 0.6 is 0 Å². The van der Waals surface area contributed by atoms with E-state index < -0.39 is 18.4 Å². The molecule has 1 nitrogen and oxygen atoms in total. The van der Waals surface area contributed by atoms with E-state index in [0.717, 1.165) is 10.5 Å². The van der Waals surface area contributed by atoms with E-state index in [0.29, 0.717) is 0 Å². The Morgan fingerprint density at radius 2 is 1.23 bits per heavy atom. The van der Waals surface area contributed by atoms with Gasteiger partial charge in [0.1, 0.15) is 0 Å². The Kier molecular flexibility index (Phi) is 15.5. The zero-order valence-electron chi connectivity index (χ0n) is 16.2. The molecule has 0 saturated carbocycles. The predicted molar refractivity (Wildman–Crippen MR) is 108 cm³/mol. The molecule has 0 fully saturated rings. The van der Waals surface area contributed by atoms with E-state index in [1.54, 1.807) is 3.78 Å². The minimum atomic E-state index is -2.25. The van der Waals surface area contributed by atoms with Crippen molar-refractivity contribution >= 4 is 28.9 Å². The summed E-state index contributed by atoms with van der Waals surface area (Å²) in [7, 11) is 0.882. The molecule has 0 aliphatic heterocycles. The first-order chi connectivity index (χ1) is 10.7. The molecule has 0 N–H and O–H groups in total. The SMILES string of the molecule is CCCCCC=[C](O[SiH3])[Sn]([CH2]CCC)([CH2]CCC)[CH2]CCC. The number of hydrogen-bond acceptors (Lipinski definition) is 1. The number of hydrogen-bond donors (Lipinski definition) is 0. The zero-order chi connectivity index (χ0) is 16.7. The fraction of sp³-hybridized carbons (Fsp3) is 0.895. The molecule has 0 saturated heterocycles. The topological polar surface area (TPSA) is 9.23 Å². The molecule has 0 rings (SSSR count). The summed E-state index contributed by atoms with van der Waals surface area (Å²) in [6.45, 7) is 9.34. The van der Waals surface area contributed by atoms with Crippen LogP contribution in [0.25, 0.3) is 0 Å². The van der Waals surface area contributed by atoms with Crippen LogP contribution in [0.2, 0.25) is 13.3 Å². The van der Waals surface area contributed by atoms with Crippen molar-refractivity contribution in [3.8, 4) is 0 Å². The minimum absolute atomic E-state index is 0.882. The monoisotopic (exact) mass is 434 g/mol. The second-order valence-electron chi connectivity index (χ2n) is 6.86. The first-order valence-electron chi connectivity index (χ1n) is 9.95. The van der Waals surface area contributed by atoms with Crippen molar-refractivity contribution in [1.29, 1.82) is 0 Å². The van der Waals surface area contributed by atoms with Crippen LogP contribution in [-0.2, 0) is 4.43 Å². The summed E-state index contributed by atoms with van der Waals surface area (Å²) >= 11 is -2.25. The van der Waals surface area contributed by atoms with Crippen molar-refractivity contribution in [1.82, 2.24) is 0 Å². The molecular formula is C19H42OSiSn. The molecule has 0 heterocycles. The van der Waals surface area contributed by atoms with Crippen molar-refractivity contribution in [2.24, 2.45) is 0 Å². The summed E-state index contributed by atoms with van der Waals surface area (Å²) in [5.41, 5.74) is 0. The van der Waals surface area contributed by atoms with Crippen molar-refractivity contribution in [3.63, 3.8) is 0 Å². The summed E-state index contributed by atoms with van der Waals surface area (Å²) in [6, 6.07) is 0. The molecule has 0 aromatic rings. The molecule has 0 aromatic heterocycles. The van der Waals surface area contributed by atoms with Gasteiger partial charge in [0.05, 0.1) is 0 Å². The first-order valence-corrected chi connectivity index (χ1v) is 18.2. The van der Waals surface area contributed by atoms with Crippen molar-refractivity contribution in [2.75, 3.05) is 0 Å². The van der Waals surface area contributed by atoms with Gasteiger partial charge in [0, 0.05) is 0 Å². The molecule has 132 valence electrons. The fourth-order valence-corrected chi connectivity index (χ4v) is 22.5. The van der Waals surface area contributed by atoms with Gasteiger partial charge < -0.3 is 0 Å². The number of allylic oxidation sites excluding steroid dienone is 1. The molecule has 0 unspecified atom stereocenters. The van der Waals surface area contributed by atoms with Gasteiger partial charge in [0.15, 0.2) is 0 Å². The third-order valence-corrected chi connectivity index (χ3v) is 21.9. The molecule has 0 spiro atoms. The third kappa shape index (κ3) is 9.00. The van der Waals surface area contributed by atoms with Crippen molar-refractivity contribution in [2.45, 2.75) is 105 Å². The second kappa shape index (κ2) is 15.1. The molecule has 0 amide bonds. The van der Waals surface area contributed by atoms with Crippen LogP contribution in [0.3, 0.4) is 0 Å². The van der Waals surface area contributed by atoms with Crippen LogP contribution in [0.5, 0.6) is 0 Å². The normalized spacial score (nSPS) is 12.8. The van der Waals surface area contributed by atoms with Gasteiger partial charge in [-0.15, -0.1) is 0 Å². The molecular weight excluding hydrogens is 391 g/mol. The van der Waals surface area contributed by atoms with E-state index in [2.05, 4.69) is 33.8 Å². The van der Waals surface area contributed by atoms with Crippen LogP contribution in [0.4, 0.5) is 0 Å². The van der Waals surface area contributed by atoms with Crippen LogP contribution in [0, 0.1) is 0 Å². The number of rotatable bonds is 15. The standard InChI is InChI=1S/C7H15OSi.3C4H9.Sn/c1-2-3-4-5-6-7-8-9;3*1-3-4-2;/h6H,2-5H2,1,9H3;3*1,3-4H2,2H3;. The Morgan fingerprint density at radius 3 is 1.59 bits per heavy atom. The van der Waals surface area contributed by atoms with Gasteiger partial charge in [-0.3, -0.25) is 0 Å². The summed E-state index contributed by atoms with van der Waals surface area (Å²) in [6.07, 6.45) is 16.2. The molecule has 0 aliphatic carbocycles. The van der Waals surface area contributed by atoms with E-state index in [-0.39, 0.29) is 0 Å². The van der Waals surface area contributed by atoms with Crippen molar-refractivity contribution in [3.05, 3.63) is 9.85 Å². The van der Waals surface area contributed by atoms with Gasteiger partial charge >= 0.3 is 148 Å². The van der Waals surface area contributed by atoms with E-state index in [1.807, 2.05) is 0 Å². The Bertz CT molecular complexity index is 257. The van der Waals surface area contributed by atoms with E-state index in [9.17, 15) is 0 Å². The average molecular weight is 433 g/mol. The first kappa shape index (κ1) is 22.6. The average Bonchev–Trinajstić information content (AvgIpc) is 2.55. The molecule has 3 heteroatoms. The van der Waals surface area contributed by atoms with Gasteiger partial charge in [0.2, 0.25) is 0 Å². The predicted octanol–water partition coefficient (Wildman–Crippen LogP) is 6.14. The van der Waals surface area contributed by atoms with E-state index >= 15 is 0 Å². The van der Waals surface area contributed by atoms with Crippen molar-refractivity contribution < 1.29 is 4.43 Å². The van der Waals surface area contributed by atoms with Gasteiger partial charge in [-0.2, -0.15) is 0 Å². The van der Waals surface area contributed by atoms with Crippen LogP contribution in [0.15, 0.2) is 9.85 Å². The molecule has 0 radical (unpaired) electrons. The number of unbranched alkanes of at least 4 members (excludes halogenated alkanes) is 6. The summed E-state index contributed by atoms with van der Waals surface area (Å²) < 4.78 is 12.4. The van der Waals surface area contributed by atoms with Gasteiger partial charge in [-0.05, 0) is 0 Å². The maximum atomic E-state index is 6.18. The van der Waals surface area contributed by atoms with Gasteiger partial charge in [0.25, 0.3) is 0 Å². The summed E-state index contributed by atoms with van der Waals surface area (Å²) in [5, 5.41) is 0. The van der Waals surface area contributed by atoms with Crippen LogP contribution in [-0.4, -0.2) is 28.9 Å². The Morgan fingerprint density at radius 1 is 0.773 bits per heavy atom. The third-order valence-electron chi connectivity index (χ3n) is 4.91. The van der Waals surface area contributed by atoms with Crippen LogP contribution < -0.4 is 0 Å². The van der Waals surface area contributed by atoms with Crippen LogP contribution in [0.1, 0.15) is 91.9 Å². The van der Waals surface area contributed by atoms with Gasteiger partial charge in [-0.1, -0.05) is 0 Å². The Labute approximate surface area is 148 Å². The Hall–Kier alpha value is 0.556. The summed E-state index contributed by atoms with van der Waals surface area (Å²) in [5.74, 6) is 0. The zero-order valence-corrected chi connectivity index (χ0v) is 21.0. The fourth-order valence-electron chi connectivity index (χ4n) is 3.43. The molecule has 22 heavy (non-hydrogen) atoms. The van der Waals surface area contributed by atoms with E-state index in [1.165, 1.54) is 77.5 Å².